The quantitative estimate of drug-likeness (QED) is 0.855. The van der Waals surface area contributed by atoms with Crippen LogP contribution >= 0.6 is 0 Å². The summed E-state index contributed by atoms with van der Waals surface area (Å²) < 4.78 is 1.85. The van der Waals surface area contributed by atoms with Crippen LogP contribution in [0.15, 0.2) is 0 Å². The summed E-state index contributed by atoms with van der Waals surface area (Å²) >= 11 is 0. The second kappa shape index (κ2) is 5.87. The van der Waals surface area contributed by atoms with E-state index in [0.29, 0.717) is 0 Å². The Balaban J connectivity index is 2.71. The third-order valence-corrected chi connectivity index (χ3v) is 3.33. The van der Waals surface area contributed by atoms with Crippen LogP contribution in [0, 0.1) is 30.6 Å². The van der Waals surface area contributed by atoms with Gasteiger partial charge in [-0.25, -0.2) is 0 Å². The summed E-state index contributed by atoms with van der Waals surface area (Å²) in [5.74, 6) is -0.837. The maximum absolute atomic E-state index is 10.8. The van der Waals surface area contributed by atoms with Gasteiger partial charge < -0.3 is 5.11 Å². The molecule has 0 amide bonds. The van der Waals surface area contributed by atoms with Gasteiger partial charge in [-0.3, -0.25) is 9.48 Å². The lowest BCUT2D eigenvalue weighted by molar-refractivity contribution is -0.136. The van der Waals surface area contributed by atoms with Gasteiger partial charge in [0.15, 0.2) is 0 Å². The van der Waals surface area contributed by atoms with E-state index >= 15 is 0 Å². The Morgan fingerprint density at radius 2 is 2.11 bits per heavy atom. The van der Waals surface area contributed by atoms with Crippen molar-refractivity contribution in [2.75, 3.05) is 0 Å². The van der Waals surface area contributed by atoms with Crippen LogP contribution in [0.1, 0.15) is 43.6 Å². The third-order valence-electron chi connectivity index (χ3n) is 3.33. The predicted octanol–water partition coefficient (Wildman–Crippen LogP) is 2.46. The first-order valence-corrected chi connectivity index (χ1v) is 6.43. The van der Waals surface area contributed by atoms with Gasteiger partial charge in [0, 0.05) is 17.8 Å². The largest absolute Gasteiger partial charge is 0.481 e. The summed E-state index contributed by atoms with van der Waals surface area (Å²) in [7, 11) is 0. The number of carboxylic acid groups (broad SMARTS) is 1. The highest BCUT2D eigenvalue weighted by Crippen LogP contribution is 2.22. The Bertz CT molecular complexity index is 509. The van der Waals surface area contributed by atoms with E-state index in [2.05, 4.69) is 11.2 Å². The van der Waals surface area contributed by atoms with Gasteiger partial charge in [-0.15, -0.1) is 0 Å². The number of hydrogen-bond acceptors (Lipinski definition) is 3. The van der Waals surface area contributed by atoms with Crippen molar-refractivity contribution in [3.8, 4) is 6.07 Å². The van der Waals surface area contributed by atoms with Crippen LogP contribution in [0.25, 0.3) is 0 Å². The molecule has 0 bridgehead atoms. The van der Waals surface area contributed by atoms with Crippen molar-refractivity contribution in [3.63, 3.8) is 0 Å². The lowest BCUT2D eigenvalue weighted by Gasteiger charge is -2.14. The Kier molecular flexibility index (Phi) is 4.71. The Labute approximate surface area is 113 Å². The van der Waals surface area contributed by atoms with Crippen LogP contribution in [0.4, 0.5) is 0 Å². The van der Waals surface area contributed by atoms with Crippen molar-refractivity contribution >= 4 is 5.97 Å². The SMILES string of the molecule is Cc1nn(CCCC(C)(C)C#N)c(C)c1CC(=O)O. The fourth-order valence-corrected chi connectivity index (χ4v) is 2.09. The normalized spacial score (nSPS) is 11.3. The molecule has 0 spiro atoms. The first kappa shape index (κ1) is 15.2. The van der Waals surface area contributed by atoms with Gasteiger partial charge in [0.2, 0.25) is 0 Å². The van der Waals surface area contributed by atoms with Gasteiger partial charge in [0.05, 0.1) is 23.6 Å². The van der Waals surface area contributed by atoms with Crippen molar-refractivity contribution in [1.82, 2.24) is 9.78 Å². The Hall–Kier alpha value is -1.83. The fourth-order valence-electron chi connectivity index (χ4n) is 2.09. The van der Waals surface area contributed by atoms with Crippen molar-refractivity contribution in [2.24, 2.45) is 5.41 Å². The highest BCUT2D eigenvalue weighted by atomic mass is 16.4. The highest BCUT2D eigenvalue weighted by Gasteiger charge is 2.17. The van der Waals surface area contributed by atoms with Gasteiger partial charge in [-0.2, -0.15) is 10.4 Å². The first-order valence-electron chi connectivity index (χ1n) is 6.43. The minimum atomic E-state index is -0.837. The van der Waals surface area contributed by atoms with E-state index in [9.17, 15) is 4.79 Å². The fraction of sp³-hybridized carbons (Fsp3) is 0.643. The number of nitrogens with zero attached hydrogens (tertiary/aromatic N) is 3. The highest BCUT2D eigenvalue weighted by molar-refractivity contribution is 5.70. The van der Waals surface area contributed by atoms with E-state index in [1.54, 1.807) is 0 Å². The Morgan fingerprint density at radius 1 is 1.47 bits per heavy atom. The lowest BCUT2D eigenvalue weighted by atomic mass is 9.90. The average Bonchev–Trinajstić information content (AvgIpc) is 2.56. The maximum Gasteiger partial charge on any atom is 0.307 e. The van der Waals surface area contributed by atoms with E-state index in [1.165, 1.54) is 0 Å². The van der Waals surface area contributed by atoms with Gasteiger partial charge in [0.1, 0.15) is 0 Å². The molecule has 0 aliphatic carbocycles. The monoisotopic (exact) mass is 263 g/mol. The molecule has 0 saturated carbocycles. The summed E-state index contributed by atoms with van der Waals surface area (Å²) in [5, 5.41) is 22.2. The lowest BCUT2D eigenvalue weighted by Crippen LogP contribution is -2.11. The number of aliphatic carboxylic acids is 1. The second-order valence-electron chi connectivity index (χ2n) is 5.54. The predicted molar refractivity (Wildman–Crippen MR) is 71.7 cm³/mol. The summed E-state index contributed by atoms with van der Waals surface area (Å²) in [6.07, 6.45) is 1.67. The first-order chi connectivity index (χ1) is 8.76. The van der Waals surface area contributed by atoms with Gasteiger partial charge in [0.25, 0.3) is 0 Å². The maximum atomic E-state index is 10.8. The molecule has 104 valence electrons. The second-order valence-corrected chi connectivity index (χ2v) is 5.54. The molecule has 0 saturated heterocycles. The van der Waals surface area contributed by atoms with Crippen LogP contribution in [0.5, 0.6) is 0 Å². The zero-order valence-electron chi connectivity index (χ0n) is 12.0. The number of hydrogen-bond donors (Lipinski definition) is 1. The average molecular weight is 263 g/mol. The van der Waals surface area contributed by atoms with Crippen LogP contribution in [-0.4, -0.2) is 20.9 Å². The topological polar surface area (TPSA) is 78.9 Å². The molecule has 0 aromatic carbocycles. The van der Waals surface area contributed by atoms with E-state index in [-0.39, 0.29) is 11.8 Å². The van der Waals surface area contributed by atoms with E-state index in [1.807, 2.05) is 32.4 Å². The molecule has 5 heteroatoms. The van der Waals surface area contributed by atoms with Crippen LogP contribution in [0.2, 0.25) is 0 Å². The summed E-state index contributed by atoms with van der Waals surface area (Å²) in [4.78, 5) is 10.8. The summed E-state index contributed by atoms with van der Waals surface area (Å²) in [6.45, 7) is 8.29. The molecule has 19 heavy (non-hydrogen) atoms. The van der Waals surface area contributed by atoms with Crippen molar-refractivity contribution in [3.05, 3.63) is 17.0 Å². The number of carbonyl (C=O) groups is 1. The molecular formula is C14H21N3O2. The van der Waals surface area contributed by atoms with E-state index in [0.717, 1.165) is 36.3 Å². The molecule has 1 aromatic rings. The van der Waals surface area contributed by atoms with Crippen molar-refractivity contribution in [2.45, 2.75) is 53.5 Å². The Morgan fingerprint density at radius 3 is 2.63 bits per heavy atom. The zero-order chi connectivity index (χ0) is 14.6. The summed E-state index contributed by atoms with van der Waals surface area (Å²) in [5.41, 5.74) is 2.17. The van der Waals surface area contributed by atoms with Crippen molar-refractivity contribution in [1.29, 1.82) is 5.26 Å². The molecular weight excluding hydrogens is 242 g/mol. The van der Waals surface area contributed by atoms with Crippen LogP contribution in [-0.2, 0) is 17.8 Å². The van der Waals surface area contributed by atoms with Crippen LogP contribution in [0.3, 0.4) is 0 Å². The van der Waals surface area contributed by atoms with Gasteiger partial charge in [-0.1, -0.05) is 0 Å². The number of nitriles is 1. The number of aryl methyl sites for hydroxylation is 2. The molecule has 0 atom stereocenters. The zero-order valence-corrected chi connectivity index (χ0v) is 12.0. The minimum absolute atomic E-state index is 0.0152. The summed E-state index contributed by atoms with van der Waals surface area (Å²) in [6, 6.07) is 2.28. The van der Waals surface area contributed by atoms with Gasteiger partial charge >= 0.3 is 5.97 Å². The van der Waals surface area contributed by atoms with Crippen molar-refractivity contribution < 1.29 is 9.90 Å². The molecule has 0 aliphatic heterocycles. The van der Waals surface area contributed by atoms with E-state index in [4.69, 9.17) is 10.4 Å². The number of aromatic nitrogens is 2. The molecule has 1 rings (SSSR count). The smallest absolute Gasteiger partial charge is 0.307 e. The molecule has 0 fully saturated rings. The minimum Gasteiger partial charge on any atom is -0.481 e. The van der Waals surface area contributed by atoms with Gasteiger partial charge in [-0.05, 0) is 40.5 Å². The molecule has 0 unspecified atom stereocenters. The molecule has 5 nitrogen and oxygen atoms in total. The molecule has 0 radical (unpaired) electrons. The van der Waals surface area contributed by atoms with Crippen LogP contribution < -0.4 is 0 Å². The third kappa shape index (κ3) is 4.09. The number of rotatable bonds is 6. The van der Waals surface area contributed by atoms with E-state index < -0.39 is 5.97 Å². The standard InChI is InChI=1S/C14H21N3O2/c1-10-12(8-13(18)19)11(2)17(16-10)7-5-6-14(3,4)9-15/h5-8H2,1-4H3,(H,18,19). The molecule has 1 aromatic heterocycles. The number of carboxylic acids is 1. The molecule has 0 aliphatic rings. The molecule has 1 N–H and O–H groups in total. The molecule has 1 heterocycles.